The van der Waals surface area contributed by atoms with E-state index in [1.165, 1.54) is 27.8 Å². The molecule has 2 rings (SSSR count). The predicted molar refractivity (Wildman–Crippen MR) is 85.1 cm³/mol. The number of aryl methyl sites for hydroxylation is 3. The molecule has 0 bridgehead atoms. The van der Waals surface area contributed by atoms with Gasteiger partial charge in [0.25, 0.3) is 0 Å². The van der Waals surface area contributed by atoms with Crippen LogP contribution in [0.1, 0.15) is 47.7 Å². The van der Waals surface area contributed by atoms with Crippen molar-refractivity contribution in [3.8, 4) is 0 Å². The van der Waals surface area contributed by atoms with E-state index in [9.17, 15) is 0 Å². The van der Waals surface area contributed by atoms with E-state index in [1.807, 2.05) is 12.4 Å². The van der Waals surface area contributed by atoms with E-state index in [4.69, 9.17) is 0 Å². The smallest absolute Gasteiger partial charge is 0.0583 e. The molecule has 0 radical (unpaired) electrons. The summed E-state index contributed by atoms with van der Waals surface area (Å²) >= 11 is 0. The zero-order valence-electron chi connectivity index (χ0n) is 12.9. The van der Waals surface area contributed by atoms with E-state index in [2.05, 4.69) is 62.3 Å². The lowest BCUT2D eigenvalue weighted by molar-refractivity contribution is 0.621. The summed E-state index contributed by atoms with van der Waals surface area (Å²) < 4.78 is 0. The van der Waals surface area contributed by atoms with Crippen LogP contribution in [0.25, 0.3) is 0 Å². The van der Waals surface area contributed by atoms with Crippen LogP contribution in [-0.2, 0) is 6.42 Å². The van der Waals surface area contributed by atoms with Crippen LogP contribution in [0.2, 0.25) is 0 Å². The van der Waals surface area contributed by atoms with Gasteiger partial charge in [-0.2, -0.15) is 0 Å². The highest BCUT2D eigenvalue weighted by atomic mass is 14.9. The second-order valence-electron chi connectivity index (χ2n) is 5.28. The van der Waals surface area contributed by atoms with Crippen molar-refractivity contribution >= 4 is 0 Å². The first-order valence-electron chi connectivity index (χ1n) is 7.40. The van der Waals surface area contributed by atoms with Gasteiger partial charge in [-0.1, -0.05) is 37.6 Å². The first-order valence-corrected chi connectivity index (χ1v) is 7.40. The Morgan fingerprint density at radius 3 is 2.60 bits per heavy atom. The van der Waals surface area contributed by atoms with Crippen molar-refractivity contribution in [2.75, 3.05) is 6.54 Å². The summed E-state index contributed by atoms with van der Waals surface area (Å²) in [7, 11) is 0. The van der Waals surface area contributed by atoms with Crippen LogP contribution in [0.15, 0.2) is 36.7 Å². The molecule has 0 saturated heterocycles. The first-order chi connectivity index (χ1) is 9.67. The molecule has 2 aromatic rings. The maximum atomic E-state index is 4.26. The number of aromatic nitrogens is 1. The van der Waals surface area contributed by atoms with Gasteiger partial charge in [0.2, 0.25) is 0 Å². The molecule has 1 unspecified atom stereocenters. The summed E-state index contributed by atoms with van der Waals surface area (Å²) in [6.45, 7) is 9.63. The molecule has 1 N–H and O–H groups in total. The summed E-state index contributed by atoms with van der Waals surface area (Å²) in [6.07, 6.45) is 4.89. The topological polar surface area (TPSA) is 24.9 Å². The third-order valence-electron chi connectivity index (χ3n) is 3.79. The van der Waals surface area contributed by atoms with Crippen LogP contribution in [0, 0.1) is 13.8 Å². The molecule has 0 aliphatic carbocycles. The Bertz CT molecular complexity index is 575. The van der Waals surface area contributed by atoms with Crippen molar-refractivity contribution in [1.82, 2.24) is 10.3 Å². The van der Waals surface area contributed by atoms with E-state index in [1.54, 1.807) is 0 Å². The average molecular weight is 268 g/mol. The van der Waals surface area contributed by atoms with Crippen LogP contribution < -0.4 is 5.32 Å². The molecule has 1 aromatic carbocycles. The summed E-state index contributed by atoms with van der Waals surface area (Å²) in [6, 6.07) is 9.07. The Labute approximate surface area is 122 Å². The van der Waals surface area contributed by atoms with Gasteiger partial charge in [-0.3, -0.25) is 4.98 Å². The Hall–Kier alpha value is -1.67. The lowest BCUT2D eigenvalue weighted by atomic mass is 9.91. The van der Waals surface area contributed by atoms with E-state index >= 15 is 0 Å². The minimum absolute atomic E-state index is 0.248. The lowest BCUT2D eigenvalue weighted by Gasteiger charge is -2.23. The summed E-state index contributed by atoms with van der Waals surface area (Å²) in [5.41, 5.74) is 6.67. The van der Waals surface area contributed by atoms with Gasteiger partial charge in [-0.05, 0) is 55.1 Å². The van der Waals surface area contributed by atoms with Gasteiger partial charge in [0.15, 0.2) is 0 Å². The lowest BCUT2D eigenvalue weighted by Crippen LogP contribution is -2.24. The fourth-order valence-electron chi connectivity index (χ4n) is 2.68. The maximum absolute atomic E-state index is 4.26. The van der Waals surface area contributed by atoms with Crippen molar-refractivity contribution in [3.63, 3.8) is 0 Å². The molecule has 0 fully saturated rings. The fraction of sp³-hybridized carbons (Fsp3) is 0.389. The van der Waals surface area contributed by atoms with E-state index in [0.717, 1.165) is 13.0 Å². The van der Waals surface area contributed by atoms with Gasteiger partial charge in [0.05, 0.1) is 6.04 Å². The molecule has 1 heterocycles. The van der Waals surface area contributed by atoms with Crippen molar-refractivity contribution in [2.24, 2.45) is 0 Å². The summed E-state index contributed by atoms with van der Waals surface area (Å²) in [5, 5.41) is 3.63. The third-order valence-corrected chi connectivity index (χ3v) is 3.79. The van der Waals surface area contributed by atoms with Crippen molar-refractivity contribution in [1.29, 1.82) is 0 Å². The van der Waals surface area contributed by atoms with Crippen LogP contribution in [0.3, 0.4) is 0 Å². The number of pyridine rings is 1. The Morgan fingerprint density at radius 1 is 1.10 bits per heavy atom. The van der Waals surface area contributed by atoms with Gasteiger partial charge in [0, 0.05) is 12.4 Å². The molecular weight excluding hydrogens is 244 g/mol. The number of nitrogens with one attached hydrogen (secondary N) is 1. The zero-order valence-corrected chi connectivity index (χ0v) is 12.9. The number of hydrogen-bond acceptors (Lipinski definition) is 2. The van der Waals surface area contributed by atoms with Gasteiger partial charge in [-0.25, -0.2) is 0 Å². The molecule has 0 saturated carbocycles. The highest BCUT2D eigenvalue weighted by molar-refractivity contribution is 5.41. The standard InChI is InChI=1S/C18H24N2/c1-5-15-12-19-10-9-16(15)18(20-6-2)17-11-13(3)7-8-14(17)4/h7-12,18,20H,5-6H2,1-4H3. The van der Waals surface area contributed by atoms with Crippen molar-refractivity contribution in [2.45, 2.75) is 40.2 Å². The van der Waals surface area contributed by atoms with E-state index < -0.39 is 0 Å². The highest BCUT2D eigenvalue weighted by Gasteiger charge is 2.17. The average Bonchev–Trinajstić information content (AvgIpc) is 2.47. The minimum atomic E-state index is 0.248. The van der Waals surface area contributed by atoms with E-state index in [-0.39, 0.29) is 6.04 Å². The van der Waals surface area contributed by atoms with Crippen molar-refractivity contribution in [3.05, 3.63) is 64.5 Å². The van der Waals surface area contributed by atoms with Gasteiger partial charge >= 0.3 is 0 Å². The number of nitrogens with zero attached hydrogens (tertiary/aromatic N) is 1. The normalized spacial score (nSPS) is 12.4. The molecule has 1 atom stereocenters. The van der Waals surface area contributed by atoms with Gasteiger partial charge in [0.1, 0.15) is 0 Å². The molecular formula is C18H24N2. The summed E-state index contributed by atoms with van der Waals surface area (Å²) in [4.78, 5) is 4.26. The molecule has 2 nitrogen and oxygen atoms in total. The summed E-state index contributed by atoms with van der Waals surface area (Å²) in [5.74, 6) is 0. The quantitative estimate of drug-likeness (QED) is 0.888. The predicted octanol–water partition coefficient (Wildman–Crippen LogP) is 3.96. The fourth-order valence-corrected chi connectivity index (χ4v) is 2.68. The van der Waals surface area contributed by atoms with Crippen LogP contribution in [0.4, 0.5) is 0 Å². The Kier molecular flexibility index (Phi) is 4.91. The second-order valence-corrected chi connectivity index (χ2v) is 5.28. The minimum Gasteiger partial charge on any atom is -0.307 e. The van der Waals surface area contributed by atoms with Crippen LogP contribution in [-0.4, -0.2) is 11.5 Å². The number of benzene rings is 1. The maximum Gasteiger partial charge on any atom is 0.0583 e. The number of hydrogen-bond donors (Lipinski definition) is 1. The van der Waals surface area contributed by atoms with Gasteiger partial charge in [-0.15, -0.1) is 0 Å². The monoisotopic (exact) mass is 268 g/mol. The van der Waals surface area contributed by atoms with Crippen LogP contribution >= 0.6 is 0 Å². The number of rotatable bonds is 5. The molecule has 0 aliphatic heterocycles. The van der Waals surface area contributed by atoms with Gasteiger partial charge < -0.3 is 5.32 Å². The SMILES string of the molecule is CCNC(c1cc(C)ccc1C)c1ccncc1CC. The zero-order chi connectivity index (χ0) is 14.5. The molecule has 106 valence electrons. The largest absolute Gasteiger partial charge is 0.307 e. The highest BCUT2D eigenvalue weighted by Crippen LogP contribution is 2.28. The van der Waals surface area contributed by atoms with E-state index in [0.29, 0.717) is 0 Å². The molecule has 0 spiro atoms. The molecule has 20 heavy (non-hydrogen) atoms. The first kappa shape index (κ1) is 14.7. The second kappa shape index (κ2) is 6.67. The Morgan fingerprint density at radius 2 is 1.90 bits per heavy atom. The third kappa shape index (κ3) is 3.07. The Balaban J connectivity index is 2.53. The molecule has 2 heteroatoms. The molecule has 0 amide bonds. The molecule has 0 aliphatic rings. The van der Waals surface area contributed by atoms with Crippen molar-refractivity contribution < 1.29 is 0 Å². The van der Waals surface area contributed by atoms with Crippen LogP contribution in [0.5, 0.6) is 0 Å². The molecule has 1 aromatic heterocycles.